The molecule has 1 atom stereocenters. The van der Waals surface area contributed by atoms with Gasteiger partial charge in [-0.15, -0.1) is 11.3 Å². The highest BCUT2D eigenvalue weighted by Gasteiger charge is 2.24. The van der Waals surface area contributed by atoms with Gasteiger partial charge in [0, 0.05) is 36.3 Å². The van der Waals surface area contributed by atoms with Gasteiger partial charge >= 0.3 is 0 Å². The molecular formula is C16H19N3O2S. The van der Waals surface area contributed by atoms with Gasteiger partial charge in [0.05, 0.1) is 6.61 Å². The van der Waals surface area contributed by atoms with E-state index in [2.05, 4.69) is 9.88 Å². The van der Waals surface area contributed by atoms with Crippen LogP contribution in [0, 0.1) is 6.92 Å². The number of aromatic nitrogens is 1. The van der Waals surface area contributed by atoms with Gasteiger partial charge in [-0.1, -0.05) is 12.1 Å². The molecule has 6 heteroatoms. The molecule has 2 N–H and O–H groups in total. The van der Waals surface area contributed by atoms with Crippen molar-refractivity contribution in [2.75, 3.05) is 19.7 Å². The molecule has 116 valence electrons. The number of hydrogen-bond acceptors (Lipinski definition) is 5. The van der Waals surface area contributed by atoms with E-state index in [1.165, 1.54) is 0 Å². The summed E-state index contributed by atoms with van der Waals surface area (Å²) in [6, 6.07) is 7.49. The number of carbonyl (C=O) groups is 1. The molecule has 1 amide bonds. The number of benzene rings is 1. The van der Waals surface area contributed by atoms with E-state index in [1.54, 1.807) is 17.4 Å². The Morgan fingerprint density at radius 2 is 2.41 bits per heavy atom. The van der Waals surface area contributed by atoms with Crippen LogP contribution in [0.3, 0.4) is 0 Å². The SMILES string of the molecule is Cc1csc([C@@H]2CN(Cc3cccc(C(N)=O)c3)CCO2)n1. The van der Waals surface area contributed by atoms with Gasteiger partial charge in [-0.3, -0.25) is 9.69 Å². The normalized spacial score (nSPS) is 19.2. The molecule has 0 spiro atoms. The molecule has 1 aromatic heterocycles. The Hall–Kier alpha value is -1.76. The molecule has 1 aliphatic rings. The molecule has 1 saturated heterocycles. The minimum Gasteiger partial charge on any atom is -0.368 e. The second kappa shape index (κ2) is 6.56. The molecule has 0 aliphatic carbocycles. The van der Waals surface area contributed by atoms with Crippen LogP contribution in [-0.2, 0) is 11.3 Å². The lowest BCUT2D eigenvalue weighted by Gasteiger charge is -2.32. The van der Waals surface area contributed by atoms with Crippen molar-refractivity contribution in [1.82, 2.24) is 9.88 Å². The van der Waals surface area contributed by atoms with Crippen LogP contribution in [0.2, 0.25) is 0 Å². The minimum absolute atomic E-state index is 0.0340. The van der Waals surface area contributed by atoms with Crippen molar-refractivity contribution >= 4 is 17.2 Å². The van der Waals surface area contributed by atoms with Crippen LogP contribution in [0.4, 0.5) is 0 Å². The maximum absolute atomic E-state index is 11.3. The monoisotopic (exact) mass is 317 g/mol. The highest BCUT2D eigenvalue weighted by Crippen LogP contribution is 2.26. The Balaban J connectivity index is 1.67. The molecule has 1 fully saturated rings. The van der Waals surface area contributed by atoms with E-state index in [1.807, 2.05) is 30.5 Å². The van der Waals surface area contributed by atoms with Crippen molar-refractivity contribution < 1.29 is 9.53 Å². The zero-order chi connectivity index (χ0) is 15.5. The van der Waals surface area contributed by atoms with Gasteiger partial charge in [-0.2, -0.15) is 0 Å². The van der Waals surface area contributed by atoms with Crippen molar-refractivity contribution in [2.45, 2.75) is 19.6 Å². The van der Waals surface area contributed by atoms with Gasteiger partial charge in [0.25, 0.3) is 0 Å². The van der Waals surface area contributed by atoms with Gasteiger partial charge in [0.1, 0.15) is 11.1 Å². The number of rotatable bonds is 4. The Kier molecular flexibility index (Phi) is 4.52. The Bertz CT molecular complexity index is 671. The number of nitrogens with two attached hydrogens (primary N) is 1. The summed E-state index contributed by atoms with van der Waals surface area (Å²) in [5.74, 6) is -0.389. The second-order valence-electron chi connectivity index (χ2n) is 5.49. The first-order valence-corrected chi connectivity index (χ1v) is 8.14. The summed E-state index contributed by atoms with van der Waals surface area (Å²) >= 11 is 1.65. The number of nitrogens with zero attached hydrogens (tertiary/aromatic N) is 2. The lowest BCUT2D eigenvalue weighted by atomic mass is 10.1. The fourth-order valence-electron chi connectivity index (χ4n) is 2.60. The number of aryl methyl sites for hydroxylation is 1. The van der Waals surface area contributed by atoms with Crippen molar-refractivity contribution in [2.24, 2.45) is 5.73 Å². The van der Waals surface area contributed by atoms with Crippen LogP contribution >= 0.6 is 11.3 Å². The van der Waals surface area contributed by atoms with Gasteiger partial charge in [0.2, 0.25) is 5.91 Å². The van der Waals surface area contributed by atoms with E-state index >= 15 is 0 Å². The van der Waals surface area contributed by atoms with E-state index in [0.29, 0.717) is 12.2 Å². The predicted molar refractivity (Wildman–Crippen MR) is 85.8 cm³/mol. The lowest BCUT2D eigenvalue weighted by molar-refractivity contribution is -0.0330. The Morgan fingerprint density at radius 3 is 3.14 bits per heavy atom. The number of amides is 1. The van der Waals surface area contributed by atoms with Gasteiger partial charge < -0.3 is 10.5 Å². The number of hydrogen-bond donors (Lipinski definition) is 1. The highest BCUT2D eigenvalue weighted by atomic mass is 32.1. The summed E-state index contributed by atoms with van der Waals surface area (Å²) in [4.78, 5) is 18.1. The number of carbonyl (C=O) groups excluding carboxylic acids is 1. The smallest absolute Gasteiger partial charge is 0.248 e. The van der Waals surface area contributed by atoms with Crippen LogP contribution < -0.4 is 5.73 Å². The maximum atomic E-state index is 11.3. The van der Waals surface area contributed by atoms with E-state index in [9.17, 15) is 4.79 Å². The standard InChI is InChI=1S/C16H19N3O2S/c1-11-10-22-16(18-11)14-9-19(5-6-21-14)8-12-3-2-4-13(7-12)15(17)20/h2-4,7,10,14H,5-6,8-9H2,1H3,(H2,17,20)/t14-/m0/s1. The molecule has 0 saturated carbocycles. The zero-order valence-electron chi connectivity index (χ0n) is 12.5. The molecule has 3 rings (SSSR count). The third-order valence-electron chi connectivity index (χ3n) is 3.68. The van der Waals surface area contributed by atoms with E-state index in [-0.39, 0.29) is 12.0 Å². The topological polar surface area (TPSA) is 68.5 Å². The third-order valence-corrected chi connectivity index (χ3v) is 4.74. The summed E-state index contributed by atoms with van der Waals surface area (Å²) in [5.41, 5.74) is 8.02. The van der Waals surface area contributed by atoms with Crippen molar-refractivity contribution in [3.05, 3.63) is 51.5 Å². The Morgan fingerprint density at radius 1 is 1.55 bits per heavy atom. The summed E-state index contributed by atoms with van der Waals surface area (Å²) in [6.45, 7) is 5.16. The third kappa shape index (κ3) is 3.52. The molecule has 5 nitrogen and oxygen atoms in total. The molecule has 1 aliphatic heterocycles. The number of primary amides is 1. The van der Waals surface area contributed by atoms with Gasteiger partial charge in [-0.25, -0.2) is 4.98 Å². The van der Waals surface area contributed by atoms with Crippen LogP contribution in [0.1, 0.15) is 32.7 Å². The van der Waals surface area contributed by atoms with Crippen LogP contribution in [0.15, 0.2) is 29.6 Å². The fourth-order valence-corrected chi connectivity index (χ4v) is 3.43. The molecule has 22 heavy (non-hydrogen) atoms. The average molecular weight is 317 g/mol. The van der Waals surface area contributed by atoms with E-state index in [0.717, 1.165) is 35.9 Å². The summed E-state index contributed by atoms with van der Waals surface area (Å²) in [7, 11) is 0. The van der Waals surface area contributed by atoms with Crippen LogP contribution in [0.5, 0.6) is 0 Å². The van der Waals surface area contributed by atoms with Crippen molar-refractivity contribution in [3.8, 4) is 0 Å². The number of ether oxygens (including phenoxy) is 1. The zero-order valence-corrected chi connectivity index (χ0v) is 13.3. The molecule has 2 heterocycles. The summed E-state index contributed by atoms with van der Waals surface area (Å²) in [6.07, 6.45) is 0.0340. The van der Waals surface area contributed by atoms with Gasteiger partial charge in [0.15, 0.2) is 0 Å². The van der Waals surface area contributed by atoms with E-state index < -0.39 is 0 Å². The maximum Gasteiger partial charge on any atom is 0.248 e. The van der Waals surface area contributed by atoms with E-state index in [4.69, 9.17) is 10.5 Å². The molecule has 1 aromatic carbocycles. The summed E-state index contributed by atoms with van der Waals surface area (Å²) < 4.78 is 5.84. The fraction of sp³-hybridized carbons (Fsp3) is 0.375. The van der Waals surface area contributed by atoms with Crippen molar-refractivity contribution in [3.63, 3.8) is 0 Å². The molecular weight excluding hydrogens is 298 g/mol. The first-order valence-electron chi connectivity index (χ1n) is 7.26. The van der Waals surface area contributed by atoms with Gasteiger partial charge in [-0.05, 0) is 24.6 Å². The molecule has 0 radical (unpaired) electrons. The lowest BCUT2D eigenvalue weighted by Crippen LogP contribution is -2.37. The summed E-state index contributed by atoms with van der Waals surface area (Å²) in [5, 5.41) is 3.08. The van der Waals surface area contributed by atoms with Crippen LogP contribution in [0.25, 0.3) is 0 Å². The molecule has 2 aromatic rings. The first-order chi connectivity index (χ1) is 10.6. The largest absolute Gasteiger partial charge is 0.368 e. The molecule has 0 unspecified atom stereocenters. The predicted octanol–water partition coefficient (Wildman–Crippen LogP) is 2.12. The van der Waals surface area contributed by atoms with Crippen LogP contribution in [-0.4, -0.2) is 35.5 Å². The first kappa shape index (κ1) is 15.1. The number of thiazole rings is 1. The quantitative estimate of drug-likeness (QED) is 0.938. The second-order valence-corrected chi connectivity index (χ2v) is 6.38. The van der Waals surface area contributed by atoms with Crippen molar-refractivity contribution in [1.29, 1.82) is 0 Å². The Labute approximate surface area is 133 Å². The highest BCUT2D eigenvalue weighted by molar-refractivity contribution is 7.09. The average Bonchev–Trinajstić information content (AvgIpc) is 2.94. The number of morpholine rings is 1. The molecule has 0 bridgehead atoms. The minimum atomic E-state index is -0.389.